The smallest absolute Gasteiger partial charge is 0.313 e. The summed E-state index contributed by atoms with van der Waals surface area (Å²) < 4.78 is 5.10. The summed E-state index contributed by atoms with van der Waals surface area (Å²) in [6.07, 6.45) is 63.6. The highest BCUT2D eigenvalue weighted by atomic mass is 16.6. The number of carbonyl (C=O) groups excluding carboxylic acids is 2. The molecule has 0 amide bonds. The molecular weight excluding hydrogens is 697 g/mol. The third-order valence-corrected chi connectivity index (χ3v) is 12.9. The van der Waals surface area contributed by atoms with Gasteiger partial charge in [0.25, 0.3) is 0 Å². The average molecular weight is 803 g/mol. The maximum Gasteiger partial charge on any atom is 0.313 e. The van der Waals surface area contributed by atoms with Crippen molar-refractivity contribution in [3.05, 3.63) is 0 Å². The van der Waals surface area contributed by atoms with Crippen LogP contribution in [0.5, 0.6) is 0 Å². The zero-order valence-electron chi connectivity index (χ0n) is 39.7. The zero-order valence-corrected chi connectivity index (χ0v) is 39.7. The van der Waals surface area contributed by atoms with E-state index in [9.17, 15) is 9.59 Å². The van der Waals surface area contributed by atoms with Crippen LogP contribution in [0.15, 0.2) is 0 Å². The number of hydrogen-bond acceptors (Lipinski definition) is 3. The molecule has 0 fully saturated rings. The van der Waals surface area contributed by atoms with Gasteiger partial charge in [0.2, 0.25) is 0 Å². The van der Waals surface area contributed by atoms with Crippen LogP contribution in [0.1, 0.15) is 329 Å². The van der Waals surface area contributed by atoms with Crippen LogP contribution in [0.25, 0.3) is 0 Å². The molecular formula is C54H106O3. The summed E-state index contributed by atoms with van der Waals surface area (Å²) in [5.74, 6) is 0.330. The summed E-state index contributed by atoms with van der Waals surface area (Å²) >= 11 is 0. The molecule has 0 saturated carbocycles. The minimum absolute atomic E-state index is 0.315. The SMILES string of the molecule is CCCCCCCCCCCCCCCCCCC(CCCCCC)CCCCCCCCCCC(=O)OC(=O)CCCCCCCCCCCCCCCCC. The zero-order chi connectivity index (χ0) is 41.4. The monoisotopic (exact) mass is 803 g/mol. The van der Waals surface area contributed by atoms with Gasteiger partial charge in [-0.1, -0.05) is 303 Å². The van der Waals surface area contributed by atoms with E-state index in [1.165, 1.54) is 270 Å². The van der Waals surface area contributed by atoms with Crippen molar-refractivity contribution in [1.82, 2.24) is 0 Å². The minimum Gasteiger partial charge on any atom is -0.393 e. The normalized spacial score (nSPS) is 12.1. The third kappa shape index (κ3) is 47.7. The van der Waals surface area contributed by atoms with Crippen molar-refractivity contribution in [3.8, 4) is 0 Å². The molecule has 0 aromatic carbocycles. The molecule has 0 radical (unpaired) electrons. The summed E-state index contributed by atoms with van der Waals surface area (Å²) in [6, 6.07) is 0. The summed E-state index contributed by atoms with van der Waals surface area (Å²) in [5.41, 5.74) is 0. The molecule has 0 bridgehead atoms. The highest BCUT2D eigenvalue weighted by Gasteiger charge is 2.11. The highest BCUT2D eigenvalue weighted by molar-refractivity contribution is 5.85. The van der Waals surface area contributed by atoms with Crippen molar-refractivity contribution in [2.45, 2.75) is 329 Å². The van der Waals surface area contributed by atoms with Crippen molar-refractivity contribution in [1.29, 1.82) is 0 Å². The molecule has 0 spiro atoms. The summed E-state index contributed by atoms with van der Waals surface area (Å²) in [5, 5.41) is 0. The maximum absolute atomic E-state index is 12.1. The second-order valence-electron chi connectivity index (χ2n) is 18.7. The Labute approximate surface area is 360 Å². The van der Waals surface area contributed by atoms with Gasteiger partial charge in [-0.2, -0.15) is 0 Å². The molecule has 0 aliphatic rings. The Morgan fingerprint density at radius 3 is 0.667 bits per heavy atom. The molecule has 3 heteroatoms. The van der Waals surface area contributed by atoms with E-state index in [1.54, 1.807) is 0 Å². The van der Waals surface area contributed by atoms with Crippen molar-refractivity contribution in [3.63, 3.8) is 0 Å². The maximum atomic E-state index is 12.1. The number of hydrogen-bond donors (Lipinski definition) is 0. The molecule has 0 aromatic heterocycles. The van der Waals surface area contributed by atoms with Crippen LogP contribution in [0.3, 0.4) is 0 Å². The first kappa shape index (κ1) is 56.1. The lowest BCUT2D eigenvalue weighted by molar-refractivity contribution is -0.159. The lowest BCUT2D eigenvalue weighted by atomic mass is 9.89. The van der Waals surface area contributed by atoms with Crippen molar-refractivity contribution < 1.29 is 14.3 Å². The van der Waals surface area contributed by atoms with Crippen LogP contribution in [0, 0.1) is 5.92 Å². The summed E-state index contributed by atoms with van der Waals surface area (Å²) in [4.78, 5) is 24.2. The van der Waals surface area contributed by atoms with Crippen LogP contribution in [-0.4, -0.2) is 11.9 Å². The predicted molar refractivity (Wildman–Crippen MR) is 253 cm³/mol. The number of rotatable bonds is 49. The summed E-state index contributed by atoms with van der Waals surface area (Å²) in [6.45, 7) is 6.92. The molecule has 3 nitrogen and oxygen atoms in total. The van der Waals surface area contributed by atoms with E-state index in [4.69, 9.17) is 4.74 Å². The standard InChI is InChI=1S/C54H106O3/c1-4-7-10-13-15-17-19-21-23-25-26-28-30-34-38-43-48-52(47-42-12-9-6-3)49-44-39-35-32-33-37-41-46-51-54(56)57-53(55)50-45-40-36-31-29-27-24-22-20-18-16-14-11-8-5-2/h52H,4-51H2,1-3H3. The van der Waals surface area contributed by atoms with Crippen molar-refractivity contribution in [2.24, 2.45) is 5.92 Å². The van der Waals surface area contributed by atoms with Gasteiger partial charge >= 0.3 is 11.9 Å². The third-order valence-electron chi connectivity index (χ3n) is 12.9. The molecule has 0 aliphatic heterocycles. The molecule has 0 heterocycles. The molecule has 340 valence electrons. The van der Waals surface area contributed by atoms with Gasteiger partial charge in [-0.3, -0.25) is 9.59 Å². The van der Waals surface area contributed by atoms with Crippen LogP contribution in [0.2, 0.25) is 0 Å². The second-order valence-corrected chi connectivity index (χ2v) is 18.7. The average Bonchev–Trinajstić information content (AvgIpc) is 3.21. The van der Waals surface area contributed by atoms with E-state index in [2.05, 4.69) is 20.8 Å². The molecule has 0 saturated heterocycles. The molecule has 0 N–H and O–H groups in total. The Balaban J connectivity index is 3.66. The highest BCUT2D eigenvalue weighted by Crippen LogP contribution is 2.25. The van der Waals surface area contributed by atoms with E-state index in [0.717, 1.165) is 31.6 Å². The van der Waals surface area contributed by atoms with Crippen LogP contribution in [-0.2, 0) is 14.3 Å². The first-order valence-electron chi connectivity index (χ1n) is 26.9. The molecule has 1 unspecified atom stereocenters. The van der Waals surface area contributed by atoms with Gasteiger partial charge in [-0.05, 0) is 18.8 Å². The molecule has 0 aliphatic carbocycles. The summed E-state index contributed by atoms with van der Waals surface area (Å²) in [7, 11) is 0. The van der Waals surface area contributed by atoms with Gasteiger partial charge in [0.1, 0.15) is 0 Å². The fourth-order valence-electron chi connectivity index (χ4n) is 8.91. The number of unbranched alkanes of at least 4 members (excludes halogenated alkanes) is 39. The Hall–Kier alpha value is -0.860. The fraction of sp³-hybridized carbons (Fsp3) is 0.963. The molecule has 0 aromatic rings. The number of esters is 2. The van der Waals surface area contributed by atoms with E-state index >= 15 is 0 Å². The predicted octanol–water partition coefficient (Wildman–Crippen LogP) is 19.5. The first-order chi connectivity index (χ1) is 28.1. The number of carbonyl (C=O) groups is 2. The van der Waals surface area contributed by atoms with Gasteiger partial charge in [0.15, 0.2) is 0 Å². The van der Waals surface area contributed by atoms with Gasteiger partial charge < -0.3 is 4.74 Å². The number of ether oxygens (including phenoxy) is 1. The Morgan fingerprint density at radius 1 is 0.263 bits per heavy atom. The Morgan fingerprint density at radius 2 is 0.439 bits per heavy atom. The fourth-order valence-corrected chi connectivity index (χ4v) is 8.91. The van der Waals surface area contributed by atoms with E-state index in [1.807, 2.05) is 0 Å². The quantitative estimate of drug-likeness (QED) is 0.0350. The van der Waals surface area contributed by atoms with E-state index in [-0.39, 0.29) is 11.9 Å². The van der Waals surface area contributed by atoms with Gasteiger partial charge in [0, 0.05) is 12.8 Å². The van der Waals surface area contributed by atoms with E-state index in [0.29, 0.717) is 12.8 Å². The Bertz CT molecular complexity index is 777. The molecule has 57 heavy (non-hydrogen) atoms. The van der Waals surface area contributed by atoms with Crippen LogP contribution < -0.4 is 0 Å². The molecule has 0 rings (SSSR count). The van der Waals surface area contributed by atoms with Gasteiger partial charge in [-0.15, -0.1) is 0 Å². The molecule has 1 atom stereocenters. The first-order valence-corrected chi connectivity index (χ1v) is 26.9. The van der Waals surface area contributed by atoms with Crippen LogP contribution >= 0.6 is 0 Å². The van der Waals surface area contributed by atoms with Crippen molar-refractivity contribution >= 4 is 11.9 Å². The van der Waals surface area contributed by atoms with Gasteiger partial charge in [0.05, 0.1) is 0 Å². The van der Waals surface area contributed by atoms with Gasteiger partial charge in [-0.25, -0.2) is 0 Å². The van der Waals surface area contributed by atoms with Crippen molar-refractivity contribution in [2.75, 3.05) is 0 Å². The topological polar surface area (TPSA) is 43.4 Å². The van der Waals surface area contributed by atoms with E-state index < -0.39 is 0 Å². The largest absolute Gasteiger partial charge is 0.393 e. The lowest BCUT2D eigenvalue weighted by Crippen LogP contribution is -2.11. The lowest BCUT2D eigenvalue weighted by Gasteiger charge is -2.17. The Kier molecular flexibility index (Phi) is 48.8. The second kappa shape index (κ2) is 49.5. The van der Waals surface area contributed by atoms with Crippen LogP contribution in [0.4, 0.5) is 0 Å². The minimum atomic E-state index is -0.317.